The van der Waals surface area contributed by atoms with Crippen LogP contribution in [-0.4, -0.2) is 24.9 Å². The molecule has 0 aromatic heterocycles. The maximum absolute atomic E-state index is 3.68. The number of hydrogen-bond acceptors (Lipinski definition) is 1. The molecule has 0 radical (unpaired) electrons. The van der Waals surface area contributed by atoms with Crippen LogP contribution in [0.4, 0.5) is 0 Å². The fourth-order valence-corrected chi connectivity index (χ4v) is 18.6. The summed E-state index contributed by atoms with van der Waals surface area (Å²) in [6.45, 7) is 9.02. The van der Waals surface area contributed by atoms with Crippen molar-refractivity contribution in [3.63, 3.8) is 0 Å². The van der Waals surface area contributed by atoms with Crippen LogP contribution in [0.3, 0.4) is 0 Å². The van der Waals surface area contributed by atoms with Gasteiger partial charge in [0.15, 0.2) is 0 Å². The molecular formula is C26H41NSn. The zero-order valence-corrected chi connectivity index (χ0v) is 21.3. The van der Waals surface area contributed by atoms with Gasteiger partial charge in [-0.2, -0.15) is 0 Å². The van der Waals surface area contributed by atoms with Crippen LogP contribution in [0.15, 0.2) is 52.6 Å². The van der Waals surface area contributed by atoms with Gasteiger partial charge in [0.25, 0.3) is 0 Å². The summed E-state index contributed by atoms with van der Waals surface area (Å²) in [5.74, 6) is 0. The number of unbranched alkanes of at least 4 members (excludes halogenated alkanes) is 3. The molecule has 2 rings (SSSR count). The molecule has 0 aliphatic rings. The van der Waals surface area contributed by atoms with Gasteiger partial charge in [0.05, 0.1) is 0 Å². The van der Waals surface area contributed by atoms with Gasteiger partial charge in [-0.15, -0.1) is 0 Å². The minimum atomic E-state index is -2.11. The van der Waals surface area contributed by atoms with Crippen LogP contribution < -0.4 is 5.32 Å². The van der Waals surface area contributed by atoms with Crippen LogP contribution in [0.2, 0.25) is 13.3 Å². The molecule has 28 heavy (non-hydrogen) atoms. The molecule has 154 valence electrons. The number of benzene rings is 2. The summed E-state index contributed by atoms with van der Waals surface area (Å²) in [7, 11) is 0. The number of hydrogen-bond donors (Lipinski definition) is 1. The van der Waals surface area contributed by atoms with Gasteiger partial charge < -0.3 is 0 Å². The summed E-state index contributed by atoms with van der Waals surface area (Å²) in [6, 6.07) is 15.3. The maximum atomic E-state index is 3.68. The quantitative estimate of drug-likeness (QED) is 0.212. The minimum absolute atomic E-state index is 0.951. The summed E-state index contributed by atoms with van der Waals surface area (Å²) in [5.41, 5.74) is 1.41. The van der Waals surface area contributed by atoms with Crippen molar-refractivity contribution >= 4 is 29.1 Å². The Morgan fingerprint density at radius 3 is 2.04 bits per heavy atom. The van der Waals surface area contributed by atoms with Gasteiger partial charge in [0.2, 0.25) is 0 Å². The van der Waals surface area contributed by atoms with E-state index in [1.807, 2.05) is 0 Å². The molecule has 0 fully saturated rings. The van der Waals surface area contributed by atoms with Crippen molar-refractivity contribution in [1.82, 2.24) is 5.32 Å². The van der Waals surface area contributed by atoms with E-state index < -0.39 is 18.4 Å². The molecule has 2 aromatic rings. The van der Waals surface area contributed by atoms with Crippen molar-refractivity contribution in [2.45, 2.75) is 79.2 Å². The van der Waals surface area contributed by atoms with Crippen molar-refractivity contribution in [3.8, 4) is 0 Å². The second-order valence-corrected chi connectivity index (χ2v) is 21.4. The Hall–Kier alpha value is -0.801. The molecular weight excluding hydrogens is 445 g/mol. The van der Waals surface area contributed by atoms with E-state index in [0.717, 1.165) is 13.1 Å². The third kappa shape index (κ3) is 7.55. The van der Waals surface area contributed by atoms with Gasteiger partial charge in [-0.05, 0) is 0 Å². The molecule has 1 nitrogen and oxygen atoms in total. The van der Waals surface area contributed by atoms with E-state index in [-0.39, 0.29) is 0 Å². The monoisotopic (exact) mass is 487 g/mol. The zero-order valence-electron chi connectivity index (χ0n) is 18.5. The molecule has 0 aliphatic heterocycles. The first-order valence-corrected chi connectivity index (χ1v) is 19.3. The van der Waals surface area contributed by atoms with Crippen molar-refractivity contribution in [2.24, 2.45) is 0 Å². The van der Waals surface area contributed by atoms with Crippen LogP contribution in [0.25, 0.3) is 10.8 Å². The third-order valence-corrected chi connectivity index (χ3v) is 20.3. The molecule has 0 bridgehead atoms. The third-order valence-electron chi connectivity index (χ3n) is 6.01. The number of rotatable bonds is 14. The van der Waals surface area contributed by atoms with E-state index in [4.69, 9.17) is 0 Å². The molecule has 0 spiro atoms. The Labute approximate surface area is 177 Å². The van der Waals surface area contributed by atoms with Crippen molar-refractivity contribution in [1.29, 1.82) is 0 Å². The van der Waals surface area contributed by atoms with Gasteiger partial charge in [-0.3, -0.25) is 0 Å². The molecule has 0 saturated carbocycles. The standard InChI is InChI=1S/C14H14N.3C4H9.Sn/c1-2-10-15-11-13-8-5-7-12-6-3-4-9-14(12)13;3*1-3-4-2;/h1-9,15H,10-11H2;3*1,3-4H2,2H3;. The van der Waals surface area contributed by atoms with Crippen LogP contribution in [0.5, 0.6) is 0 Å². The van der Waals surface area contributed by atoms with Crippen molar-refractivity contribution in [2.75, 3.05) is 6.54 Å². The SMILES string of the molecule is CCC[CH2][Sn]([CH]=CCNCc1cccc2ccccc12)([CH2]CCC)[CH2]CCC. The fraction of sp³-hybridized carbons (Fsp3) is 0.538. The fourth-order valence-electron chi connectivity index (χ4n) is 4.26. The zero-order chi connectivity index (χ0) is 20.1. The first-order valence-electron chi connectivity index (χ1n) is 11.6. The van der Waals surface area contributed by atoms with E-state index in [9.17, 15) is 0 Å². The number of fused-ring (bicyclic) bond motifs is 1. The van der Waals surface area contributed by atoms with E-state index in [2.05, 4.69) is 78.7 Å². The van der Waals surface area contributed by atoms with Crippen molar-refractivity contribution in [3.05, 3.63) is 58.2 Å². The summed E-state index contributed by atoms with van der Waals surface area (Å²) < 4.78 is 7.47. The van der Waals surface area contributed by atoms with Gasteiger partial charge in [-0.1, -0.05) is 0 Å². The van der Waals surface area contributed by atoms with Crippen LogP contribution in [-0.2, 0) is 6.54 Å². The van der Waals surface area contributed by atoms with Gasteiger partial charge >= 0.3 is 178 Å². The first kappa shape index (κ1) is 23.5. The Bertz CT molecular complexity index is 679. The molecule has 1 N–H and O–H groups in total. The van der Waals surface area contributed by atoms with Gasteiger partial charge in [0.1, 0.15) is 0 Å². The molecule has 0 heterocycles. The number of nitrogens with one attached hydrogen (secondary N) is 1. The summed E-state index contributed by atoms with van der Waals surface area (Å²) in [5, 5.41) is 6.40. The summed E-state index contributed by atoms with van der Waals surface area (Å²) in [6.07, 6.45) is 10.9. The topological polar surface area (TPSA) is 12.0 Å². The Morgan fingerprint density at radius 1 is 0.786 bits per heavy atom. The van der Waals surface area contributed by atoms with Gasteiger partial charge in [-0.25, -0.2) is 0 Å². The van der Waals surface area contributed by atoms with Crippen molar-refractivity contribution < 1.29 is 0 Å². The van der Waals surface area contributed by atoms with E-state index in [0.29, 0.717) is 0 Å². The van der Waals surface area contributed by atoms with E-state index in [1.54, 1.807) is 13.3 Å². The predicted octanol–water partition coefficient (Wildman–Crippen LogP) is 7.87. The molecule has 2 aromatic carbocycles. The molecule has 0 aliphatic carbocycles. The van der Waals surface area contributed by atoms with Crippen LogP contribution in [0.1, 0.15) is 64.9 Å². The average molecular weight is 486 g/mol. The molecule has 2 heteroatoms. The second kappa shape index (κ2) is 13.4. The van der Waals surface area contributed by atoms with E-state index in [1.165, 1.54) is 54.9 Å². The molecule has 0 saturated heterocycles. The average Bonchev–Trinajstić information content (AvgIpc) is 2.74. The molecule has 0 atom stereocenters. The predicted molar refractivity (Wildman–Crippen MR) is 130 cm³/mol. The Kier molecular flexibility index (Phi) is 11.3. The molecule has 0 unspecified atom stereocenters. The van der Waals surface area contributed by atoms with Crippen LogP contribution >= 0.6 is 0 Å². The summed E-state index contributed by atoms with van der Waals surface area (Å²) >= 11 is -2.11. The first-order chi connectivity index (χ1) is 13.7. The Morgan fingerprint density at radius 2 is 1.39 bits per heavy atom. The second-order valence-electron chi connectivity index (χ2n) is 8.34. The summed E-state index contributed by atoms with van der Waals surface area (Å²) in [4.78, 5) is 0. The Balaban J connectivity index is 1.97. The molecule has 0 amide bonds. The normalized spacial score (nSPS) is 12.2. The van der Waals surface area contributed by atoms with Crippen LogP contribution in [0, 0.1) is 0 Å². The van der Waals surface area contributed by atoms with E-state index >= 15 is 0 Å². The van der Waals surface area contributed by atoms with Gasteiger partial charge in [0, 0.05) is 0 Å².